The van der Waals surface area contributed by atoms with Gasteiger partial charge in [-0.15, -0.1) is 11.6 Å². The van der Waals surface area contributed by atoms with E-state index in [9.17, 15) is 18.3 Å². The number of sulfonamides is 1. The van der Waals surface area contributed by atoms with E-state index < -0.39 is 27.2 Å². The second-order valence-electron chi connectivity index (χ2n) is 7.75. The number of hydrogen-bond donors (Lipinski definition) is 1. The number of halogens is 3. The zero-order valence-electron chi connectivity index (χ0n) is 18.0. The molecular weight excluding hydrogens is 504 g/mol. The molecule has 1 unspecified atom stereocenters. The Morgan fingerprint density at radius 3 is 2.38 bits per heavy atom. The summed E-state index contributed by atoms with van der Waals surface area (Å²) < 4.78 is 48.5. The maximum atomic E-state index is 15.2. The van der Waals surface area contributed by atoms with Crippen molar-refractivity contribution in [3.63, 3.8) is 0 Å². The lowest BCUT2D eigenvalue weighted by molar-refractivity contribution is -0.121. The fraction of sp³-hybridized carbons (Fsp3) is 0.208. The number of ether oxygens (including phenoxy) is 1. The second kappa shape index (κ2) is 9.09. The lowest BCUT2D eigenvalue weighted by atomic mass is 9.72. The summed E-state index contributed by atoms with van der Waals surface area (Å²) in [5.74, 6) is -1.32. The van der Waals surface area contributed by atoms with Gasteiger partial charge in [0.15, 0.2) is 0 Å². The van der Waals surface area contributed by atoms with Crippen LogP contribution >= 0.6 is 23.2 Å². The number of phenolic OH excluding ortho intramolecular Hbond substituents is 1. The second-order valence-corrected chi connectivity index (χ2v) is 10.3. The number of alkyl halides is 1. The molecule has 0 aromatic heterocycles. The van der Waals surface area contributed by atoms with E-state index in [4.69, 9.17) is 27.9 Å². The fourth-order valence-electron chi connectivity index (χ4n) is 4.34. The quantitative estimate of drug-likeness (QED) is 0.428. The molecule has 1 atom stereocenters. The molecule has 1 amide bonds. The zero-order valence-corrected chi connectivity index (χ0v) is 20.3. The smallest absolute Gasteiger partial charge is 0.270 e. The van der Waals surface area contributed by atoms with Crippen LogP contribution in [0, 0.1) is 5.82 Å². The van der Waals surface area contributed by atoms with Crippen LogP contribution in [0.25, 0.3) is 0 Å². The molecule has 0 fully saturated rings. The highest BCUT2D eigenvalue weighted by Crippen LogP contribution is 2.53. The number of carbonyl (C=O) groups is 1. The van der Waals surface area contributed by atoms with E-state index in [1.165, 1.54) is 61.7 Å². The normalized spacial score (nSPS) is 17.6. The molecule has 0 saturated carbocycles. The van der Waals surface area contributed by atoms with Crippen LogP contribution in [0.15, 0.2) is 65.6 Å². The van der Waals surface area contributed by atoms with E-state index in [1.807, 2.05) is 0 Å². The molecule has 1 aliphatic rings. The molecule has 178 valence electrons. The fourth-order valence-corrected chi connectivity index (χ4v) is 6.19. The molecule has 4 rings (SSSR count). The molecule has 1 aliphatic heterocycles. The molecule has 0 radical (unpaired) electrons. The van der Waals surface area contributed by atoms with Gasteiger partial charge in [0, 0.05) is 17.5 Å². The number of benzene rings is 3. The van der Waals surface area contributed by atoms with Gasteiger partial charge in [-0.25, -0.2) is 17.1 Å². The molecule has 3 aromatic carbocycles. The third-order valence-electron chi connectivity index (χ3n) is 5.89. The average Bonchev–Trinajstić information content (AvgIpc) is 3.05. The average molecular weight is 524 g/mol. The van der Waals surface area contributed by atoms with E-state index >= 15 is 4.39 Å². The van der Waals surface area contributed by atoms with Crippen molar-refractivity contribution in [1.29, 1.82) is 0 Å². The highest BCUT2D eigenvalue weighted by atomic mass is 35.5. The van der Waals surface area contributed by atoms with Crippen LogP contribution in [0.5, 0.6) is 11.5 Å². The molecule has 1 heterocycles. The lowest BCUT2D eigenvalue weighted by Gasteiger charge is -2.29. The number of phenols is 1. The van der Waals surface area contributed by atoms with Crippen molar-refractivity contribution in [2.75, 3.05) is 17.3 Å². The highest BCUT2D eigenvalue weighted by Gasteiger charge is 2.56. The Balaban J connectivity index is 2.06. The summed E-state index contributed by atoms with van der Waals surface area (Å²) in [6.45, 7) is 0. The van der Waals surface area contributed by atoms with Crippen molar-refractivity contribution in [3.05, 3.63) is 82.6 Å². The van der Waals surface area contributed by atoms with Gasteiger partial charge in [0.05, 0.1) is 22.7 Å². The first kappa shape index (κ1) is 24.3. The summed E-state index contributed by atoms with van der Waals surface area (Å²) in [6, 6.07) is 13.3. The molecule has 1 N–H and O–H groups in total. The van der Waals surface area contributed by atoms with Gasteiger partial charge in [0.1, 0.15) is 22.7 Å². The number of methoxy groups -OCH3 is 1. The van der Waals surface area contributed by atoms with Crippen molar-refractivity contribution >= 4 is 44.8 Å². The van der Waals surface area contributed by atoms with E-state index in [2.05, 4.69) is 0 Å². The Morgan fingerprint density at radius 2 is 1.76 bits per heavy atom. The highest BCUT2D eigenvalue weighted by molar-refractivity contribution is 7.93. The zero-order chi connectivity index (χ0) is 24.7. The molecule has 0 aliphatic carbocycles. The van der Waals surface area contributed by atoms with Gasteiger partial charge in [-0.3, -0.25) is 4.79 Å². The summed E-state index contributed by atoms with van der Waals surface area (Å²) in [5.41, 5.74) is -1.41. The minimum atomic E-state index is -4.45. The van der Waals surface area contributed by atoms with Crippen LogP contribution in [0.2, 0.25) is 5.02 Å². The number of fused-ring (bicyclic) bond motifs is 1. The third-order valence-corrected chi connectivity index (χ3v) is 8.17. The van der Waals surface area contributed by atoms with Gasteiger partial charge in [0.2, 0.25) is 0 Å². The largest absolute Gasteiger partial charge is 0.508 e. The van der Waals surface area contributed by atoms with Crippen LogP contribution in [0.1, 0.15) is 24.0 Å². The van der Waals surface area contributed by atoms with E-state index in [0.717, 1.165) is 0 Å². The van der Waals surface area contributed by atoms with Gasteiger partial charge >= 0.3 is 0 Å². The number of carbonyl (C=O) groups excluding carboxylic acids is 1. The Bertz CT molecular complexity index is 1360. The molecule has 6 nitrogen and oxygen atoms in total. The summed E-state index contributed by atoms with van der Waals surface area (Å²) in [4.78, 5) is 13.9. The summed E-state index contributed by atoms with van der Waals surface area (Å²) in [7, 11) is -3.09. The van der Waals surface area contributed by atoms with E-state index in [0.29, 0.717) is 10.7 Å². The van der Waals surface area contributed by atoms with E-state index in [-0.39, 0.29) is 50.5 Å². The number of amides is 1. The minimum absolute atomic E-state index is 0.0113. The van der Waals surface area contributed by atoms with Crippen LogP contribution in [-0.2, 0) is 20.2 Å². The Labute approximate surface area is 206 Å². The Kier molecular flexibility index (Phi) is 6.50. The van der Waals surface area contributed by atoms with Crippen LogP contribution in [0.4, 0.5) is 10.1 Å². The maximum absolute atomic E-state index is 15.2. The predicted octanol–water partition coefficient (Wildman–Crippen LogP) is 5.23. The SMILES string of the molecule is COc1cc2c(cc1Cl)C(CCCCl)(c1ccccc1F)C(=O)N2S(=O)(=O)c1ccc(O)cc1. The standard InChI is InChI=1S/C24H20Cl2FNO5S/c1-33-22-14-21-18(13-19(22)26)24(11-4-12-25,17-5-2-3-6-20(17)27)23(30)28(21)34(31,32)16-9-7-15(29)8-10-16/h2-3,5-10,13-14,29H,4,11-12H2,1H3. The third kappa shape index (κ3) is 3.70. The van der Waals surface area contributed by atoms with E-state index in [1.54, 1.807) is 6.07 Å². The number of rotatable bonds is 7. The number of nitrogens with zero attached hydrogens (tertiary/aromatic N) is 1. The summed E-state index contributed by atoms with van der Waals surface area (Å²) in [5, 5.41) is 9.74. The van der Waals surface area contributed by atoms with Gasteiger partial charge in [-0.05, 0) is 54.8 Å². The van der Waals surface area contributed by atoms with Gasteiger partial charge in [-0.2, -0.15) is 0 Å². The molecule has 0 spiro atoms. The van der Waals surface area contributed by atoms with Crippen molar-refractivity contribution in [2.24, 2.45) is 0 Å². The summed E-state index contributed by atoms with van der Waals surface area (Å²) >= 11 is 12.3. The predicted molar refractivity (Wildman–Crippen MR) is 128 cm³/mol. The Morgan fingerprint density at radius 1 is 1.09 bits per heavy atom. The molecule has 3 aromatic rings. The van der Waals surface area contributed by atoms with Crippen molar-refractivity contribution in [3.8, 4) is 11.5 Å². The van der Waals surface area contributed by atoms with Gasteiger partial charge in [0.25, 0.3) is 15.9 Å². The van der Waals surface area contributed by atoms with Crippen LogP contribution < -0.4 is 9.04 Å². The topological polar surface area (TPSA) is 83.9 Å². The van der Waals surface area contributed by atoms with Crippen molar-refractivity contribution in [1.82, 2.24) is 0 Å². The number of anilines is 1. The number of aromatic hydroxyl groups is 1. The van der Waals surface area contributed by atoms with Crippen molar-refractivity contribution in [2.45, 2.75) is 23.2 Å². The number of hydrogen-bond acceptors (Lipinski definition) is 5. The monoisotopic (exact) mass is 523 g/mol. The van der Waals surface area contributed by atoms with Crippen molar-refractivity contribution < 1.29 is 27.4 Å². The van der Waals surface area contributed by atoms with Crippen LogP contribution in [-0.4, -0.2) is 32.4 Å². The lowest BCUT2D eigenvalue weighted by Crippen LogP contribution is -2.44. The minimum Gasteiger partial charge on any atom is -0.508 e. The molecular formula is C24H20Cl2FNO5S. The first-order chi connectivity index (χ1) is 16.2. The Hall–Kier alpha value is -2.81. The van der Waals surface area contributed by atoms with Gasteiger partial charge in [-0.1, -0.05) is 29.8 Å². The van der Waals surface area contributed by atoms with Crippen LogP contribution in [0.3, 0.4) is 0 Å². The van der Waals surface area contributed by atoms with Gasteiger partial charge < -0.3 is 9.84 Å². The molecule has 10 heteroatoms. The first-order valence-corrected chi connectivity index (χ1v) is 12.6. The maximum Gasteiger partial charge on any atom is 0.270 e. The molecule has 0 bridgehead atoms. The molecule has 0 saturated heterocycles. The first-order valence-electron chi connectivity index (χ1n) is 10.3. The summed E-state index contributed by atoms with van der Waals surface area (Å²) in [6.07, 6.45) is 0.353. The molecule has 34 heavy (non-hydrogen) atoms.